The van der Waals surface area contributed by atoms with Crippen LogP contribution in [0.1, 0.15) is 40.6 Å². The predicted molar refractivity (Wildman–Crippen MR) is 157 cm³/mol. The fourth-order valence-corrected chi connectivity index (χ4v) is 6.49. The minimum absolute atomic E-state index is 0.0835. The van der Waals surface area contributed by atoms with Gasteiger partial charge in [0.1, 0.15) is 4.90 Å². The molecule has 4 aromatic carbocycles. The highest BCUT2D eigenvalue weighted by atomic mass is 35.5. The monoisotopic (exact) mass is 554 g/mol. The third-order valence-electron chi connectivity index (χ3n) is 7.36. The van der Waals surface area contributed by atoms with Gasteiger partial charge < -0.3 is 9.50 Å². The number of benzene rings is 4. The van der Waals surface area contributed by atoms with Gasteiger partial charge in [-0.05, 0) is 78.9 Å². The fourth-order valence-electron chi connectivity index (χ4n) is 5.35. The molecule has 0 spiro atoms. The number of fused-ring (bicyclic) bond motifs is 3. The van der Waals surface area contributed by atoms with Crippen molar-refractivity contribution in [2.45, 2.75) is 30.2 Å². The average molecular weight is 555 g/mol. The molecular formula is C32H27ClN2O3S. The van der Waals surface area contributed by atoms with Gasteiger partial charge in [-0.2, -0.15) is 8.42 Å². The van der Waals surface area contributed by atoms with Gasteiger partial charge in [-0.25, -0.2) is 0 Å². The maximum Gasteiger partial charge on any atom is 0.339 e. The normalized spacial score (nSPS) is 19.9. The molecule has 0 bridgehead atoms. The summed E-state index contributed by atoms with van der Waals surface area (Å²) in [4.78, 5) is 4.67. The molecule has 1 aliphatic carbocycles. The molecule has 7 heteroatoms. The van der Waals surface area contributed by atoms with Gasteiger partial charge in [0, 0.05) is 28.4 Å². The first-order valence-corrected chi connectivity index (χ1v) is 14.6. The molecule has 6 rings (SSSR count). The highest BCUT2D eigenvalue weighted by Gasteiger charge is 2.37. The molecular weight excluding hydrogens is 528 g/mol. The predicted octanol–water partition coefficient (Wildman–Crippen LogP) is 7.99. The molecule has 0 radical (unpaired) electrons. The fraction of sp³-hybridized carbons (Fsp3) is 0.156. The Bertz CT molecular complexity index is 1680. The lowest BCUT2D eigenvalue weighted by Crippen LogP contribution is -2.28. The zero-order valence-corrected chi connectivity index (χ0v) is 22.9. The second-order valence-corrected chi connectivity index (χ2v) is 11.9. The Morgan fingerprint density at radius 3 is 2.54 bits per heavy atom. The highest BCUT2D eigenvalue weighted by Crippen LogP contribution is 2.49. The Balaban J connectivity index is 1.23. The van der Waals surface area contributed by atoms with E-state index in [2.05, 4.69) is 58.9 Å². The van der Waals surface area contributed by atoms with Crippen LogP contribution >= 0.6 is 11.6 Å². The van der Waals surface area contributed by atoms with Crippen molar-refractivity contribution in [3.63, 3.8) is 0 Å². The van der Waals surface area contributed by atoms with Crippen LogP contribution in [0.5, 0.6) is 5.75 Å². The Labute approximate surface area is 234 Å². The second kappa shape index (κ2) is 10.4. The quantitative estimate of drug-likeness (QED) is 0.149. The van der Waals surface area contributed by atoms with E-state index in [1.165, 1.54) is 35.0 Å². The summed E-state index contributed by atoms with van der Waals surface area (Å²) in [6.45, 7) is 1.89. The topological polar surface area (TPSA) is 67.8 Å². The Morgan fingerprint density at radius 2 is 1.74 bits per heavy atom. The van der Waals surface area contributed by atoms with Crippen molar-refractivity contribution in [2.75, 3.05) is 5.32 Å². The molecule has 1 N–H and O–H groups in total. The zero-order chi connectivity index (χ0) is 27.0. The van der Waals surface area contributed by atoms with E-state index in [0.29, 0.717) is 22.4 Å². The number of anilines is 1. The van der Waals surface area contributed by atoms with Gasteiger partial charge in [0.15, 0.2) is 5.75 Å². The van der Waals surface area contributed by atoms with Crippen LogP contribution in [0, 0.1) is 12.8 Å². The Hall–Kier alpha value is -3.87. The molecule has 2 aliphatic rings. The van der Waals surface area contributed by atoms with Crippen LogP contribution in [-0.4, -0.2) is 14.6 Å². The molecule has 4 aromatic rings. The Morgan fingerprint density at radius 1 is 0.974 bits per heavy atom. The number of nitrogens with one attached hydrogen (secondary N) is 1. The summed E-state index contributed by atoms with van der Waals surface area (Å²) in [5.74, 6) is 1.05. The molecule has 39 heavy (non-hydrogen) atoms. The van der Waals surface area contributed by atoms with Gasteiger partial charge in [0.05, 0.1) is 11.7 Å². The maximum absolute atomic E-state index is 12.9. The summed E-state index contributed by atoms with van der Waals surface area (Å²) >= 11 is 6.21. The first-order valence-electron chi connectivity index (χ1n) is 12.8. The molecule has 1 heterocycles. The van der Waals surface area contributed by atoms with E-state index < -0.39 is 10.1 Å². The zero-order valence-electron chi connectivity index (χ0n) is 21.3. The molecule has 1 aliphatic heterocycles. The number of halogens is 1. The molecule has 5 nitrogen and oxygen atoms in total. The smallest absolute Gasteiger partial charge is 0.339 e. The van der Waals surface area contributed by atoms with Gasteiger partial charge in [0.25, 0.3) is 0 Å². The van der Waals surface area contributed by atoms with Gasteiger partial charge >= 0.3 is 10.1 Å². The largest absolute Gasteiger partial charge is 0.378 e. The summed E-state index contributed by atoms with van der Waals surface area (Å²) in [5.41, 5.74) is 5.92. The number of hydrogen-bond acceptors (Lipinski definition) is 5. The number of aryl methyl sites for hydroxylation is 1. The number of para-hydroxylation sites is 1. The lowest BCUT2D eigenvalue weighted by atomic mass is 9.77. The van der Waals surface area contributed by atoms with Gasteiger partial charge in [0.2, 0.25) is 0 Å². The number of hydrogen-bond donors (Lipinski definition) is 1. The van der Waals surface area contributed by atoms with E-state index in [1.54, 1.807) is 30.5 Å². The second-order valence-electron chi connectivity index (χ2n) is 9.95. The Kier molecular flexibility index (Phi) is 6.75. The first-order chi connectivity index (χ1) is 18.9. The third-order valence-corrected chi connectivity index (χ3v) is 8.84. The minimum atomic E-state index is -4.01. The van der Waals surface area contributed by atoms with Crippen molar-refractivity contribution < 1.29 is 12.6 Å². The van der Waals surface area contributed by atoms with E-state index in [4.69, 9.17) is 15.8 Å². The van der Waals surface area contributed by atoms with Crippen molar-refractivity contribution in [1.82, 2.24) is 0 Å². The first kappa shape index (κ1) is 25.4. The van der Waals surface area contributed by atoms with E-state index >= 15 is 0 Å². The molecule has 0 aromatic heterocycles. The lowest BCUT2D eigenvalue weighted by molar-refractivity contribution is 0.425. The van der Waals surface area contributed by atoms with Gasteiger partial charge in [-0.1, -0.05) is 71.8 Å². The van der Waals surface area contributed by atoms with Crippen LogP contribution in [0.4, 0.5) is 11.4 Å². The summed E-state index contributed by atoms with van der Waals surface area (Å²) in [7, 11) is -4.01. The van der Waals surface area contributed by atoms with Gasteiger partial charge in [-0.3, -0.25) is 4.99 Å². The van der Waals surface area contributed by atoms with Crippen LogP contribution in [0.3, 0.4) is 0 Å². The van der Waals surface area contributed by atoms with Crippen molar-refractivity contribution >= 4 is 39.3 Å². The summed E-state index contributed by atoms with van der Waals surface area (Å²) in [5, 5.41) is 4.20. The van der Waals surface area contributed by atoms with Crippen LogP contribution in [0.2, 0.25) is 5.02 Å². The number of aliphatic imine (C=N–C) groups is 1. The molecule has 0 unspecified atom stereocenters. The highest BCUT2D eigenvalue weighted by molar-refractivity contribution is 7.87. The summed E-state index contributed by atoms with van der Waals surface area (Å²) < 4.78 is 31.2. The van der Waals surface area contributed by atoms with Crippen molar-refractivity contribution in [3.8, 4) is 5.75 Å². The SMILES string of the molecule is Cc1ccc(S(=O)(=O)Oc2ccc(Cl)cc2C=Nc2ccc([C@@H]3Nc4ccccc4[C@@H]4C=CC[C@H]43)cc2)cc1. The molecule has 3 atom stereocenters. The van der Waals surface area contributed by atoms with E-state index in [1.807, 2.05) is 19.1 Å². The summed E-state index contributed by atoms with van der Waals surface area (Å²) in [6, 6.07) is 28.2. The van der Waals surface area contributed by atoms with E-state index in [9.17, 15) is 8.42 Å². The van der Waals surface area contributed by atoms with Crippen LogP contribution in [0.15, 0.2) is 113 Å². The van der Waals surface area contributed by atoms with Gasteiger partial charge in [-0.15, -0.1) is 0 Å². The van der Waals surface area contributed by atoms with Crippen molar-refractivity contribution in [3.05, 3.63) is 130 Å². The lowest BCUT2D eigenvalue weighted by Gasteiger charge is -2.37. The van der Waals surface area contributed by atoms with Crippen LogP contribution in [0.25, 0.3) is 0 Å². The van der Waals surface area contributed by atoms with Crippen molar-refractivity contribution in [1.29, 1.82) is 0 Å². The minimum Gasteiger partial charge on any atom is -0.378 e. The average Bonchev–Trinajstić information content (AvgIpc) is 3.44. The van der Waals surface area contributed by atoms with E-state index in [0.717, 1.165) is 17.7 Å². The molecule has 196 valence electrons. The van der Waals surface area contributed by atoms with E-state index in [-0.39, 0.29) is 16.7 Å². The number of rotatable bonds is 6. The molecule has 0 saturated heterocycles. The third kappa shape index (κ3) is 5.22. The van der Waals surface area contributed by atoms with Crippen LogP contribution < -0.4 is 9.50 Å². The maximum atomic E-state index is 12.9. The standard InChI is InChI=1S/C32H27ClN2O3S/c1-21-9-16-26(17-10-21)39(36,37)38-31-18-13-24(33)19-23(31)20-34-25-14-11-22(12-15-25)32-29-7-4-6-27(29)28-5-2-3-8-30(28)35-32/h2-6,8-20,27,29,32,35H,7H2,1H3/t27-,29+,32-/m0/s1. The van der Waals surface area contributed by atoms with Crippen LogP contribution in [-0.2, 0) is 10.1 Å². The number of nitrogens with zero attached hydrogens (tertiary/aromatic N) is 1. The summed E-state index contributed by atoms with van der Waals surface area (Å²) in [6.07, 6.45) is 7.24. The molecule has 0 saturated carbocycles. The van der Waals surface area contributed by atoms with Crippen molar-refractivity contribution in [2.24, 2.45) is 10.9 Å². The molecule has 0 fully saturated rings. The number of allylic oxidation sites excluding steroid dienone is 2. The molecule has 0 amide bonds.